The molecule has 0 atom stereocenters. The highest BCUT2D eigenvalue weighted by atomic mass is 14.5. The van der Waals surface area contributed by atoms with Crippen LogP contribution in [0.1, 0.15) is 102 Å². The monoisotopic (exact) mass is 367 g/mol. The quantitative estimate of drug-likeness (QED) is 0.264. The molecule has 1 heteroatoms. The van der Waals surface area contributed by atoms with Crippen molar-refractivity contribution in [2.45, 2.75) is 104 Å². The molecule has 0 bridgehead atoms. The zero-order valence-corrected chi connectivity index (χ0v) is 17.9. The summed E-state index contributed by atoms with van der Waals surface area (Å²) in [5.41, 5.74) is 10.1. The minimum atomic E-state index is 0.919. The Bertz CT molecular complexity index is 659. The summed E-state index contributed by atoms with van der Waals surface area (Å²) in [5, 5.41) is 2.64. The van der Waals surface area contributed by atoms with Gasteiger partial charge in [0.15, 0.2) is 0 Å². The van der Waals surface area contributed by atoms with Gasteiger partial charge >= 0.3 is 0 Å². The van der Waals surface area contributed by atoms with Gasteiger partial charge in [0.25, 0.3) is 0 Å². The maximum atomic E-state index is 6.25. The second-order valence-corrected chi connectivity index (χ2v) is 8.23. The Balaban J connectivity index is 1.93. The molecule has 0 heterocycles. The van der Waals surface area contributed by atoms with Gasteiger partial charge in [-0.3, -0.25) is 0 Å². The van der Waals surface area contributed by atoms with Crippen molar-refractivity contribution in [3.8, 4) is 0 Å². The van der Waals surface area contributed by atoms with Crippen molar-refractivity contribution in [3.63, 3.8) is 0 Å². The first-order valence-corrected chi connectivity index (χ1v) is 11.6. The van der Waals surface area contributed by atoms with Crippen molar-refractivity contribution < 1.29 is 0 Å². The first-order chi connectivity index (χ1) is 13.3. The molecule has 1 nitrogen and oxygen atoms in total. The fourth-order valence-electron chi connectivity index (χ4n) is 4.06. The minimum absolute atomic E-state index is 0.919. The molecule has 0 aliphatic heterocycles. The summed E-state index contributed by atoms with van der Waals surface area (Å²) in [4.78, 5) is 0. The van der Waals surface area contributed by atoms with Gasteiger partial charge in [-0.25, -0.2) is 0 Å². The molecule has 0 saturated heterocycles. The standard InChI is InChI=1S/C26H41N/c1-3-5-7-9-11-13-15-22-17-19-24-25(21-22)23(18-20-26(24)27)16-14-12-10-8-6-4-2/h17-21H,3-16,27H2,1-2H3. The summed E-state index contributed by atoms with van der Waals surface area (Å²) in [6.07, 6.45) is 18.7. The van der Waals surface area contributed by atoms with Gasteiger partial charge < -0.3 is 5.73 Å². The lowest BCUT2D eigenvalue weighted by Crippen LogP contribution is -1.95. The van der Waals surface area contributed by atoms with Crippen LogP contribution in [-0.2, 0) is 12.8 Å². The van der Waals surface area contributed by atoms with Crippen molar-refractivity contribution in [2.75, 3.05) is 5.73 Å². The zero-order valence-electron chi connectivity index (χ0n) is 17.9. The van der Waals surface area contributed by atoms with Gasteiger partial charge in [0.1, 0.15) is 0 Å². The van der Waals surface area contributed by atoms with Gasteiger partial charge in [0.05, 0.1) is 0 Å². The largest absolute Gasteiger partial charge is 0.398 e. The minimum Gasteiger partial charge on any atom is -0.398 e. The molecule has 0 aliphatic rings. The van der Waals surface area contributed by atoms with Gasteiger partial charge in [-0.05, 0) is 48.3 Å². The third kappa shape index (κ3) is 7.56. The number of unbranched alkanes of at least 4 members (excludes halogenated alkanes) is 10. The average molecular weight is 368 g/mol. The van der Waals surface area contributed by atoms with Crippen LogP contribution in [0.4, 0.5) is 5.69 Å². The molecule has 0 radical (unpaired) electrons. The van der Waals surface area contributed by atoms with Gasteiger partial charge in [0, 0.05) is 11.1 Å². The summed E-state index contributed by atoms with van der Waals surface area (Å²) in [5.74, 6) is 0. The molecule has 2 rings (SSSR count). The van der Waals surface area contributed by atoms with Crippen LogP contribution in [0.5, 0.6) is 0 Å². The zero-order chi connectivity index (χ0) is 19.3. The normalized spacial score (nSPS) is 11.3. The van der Waals surface area contributed by atoms with Crippen LogP contribution in [0.15, 0.2) is 30.3 Å². The van der Waals surface area contributed by atoms with Gasteiger partial charge in [-0.1, -0.05) is 102 Å². The van der Waals surface area contributed by atoms with Crippen molar-refractivity contribution in [2.24, 2.45) is 0 Å². The van der Waals surface area contributed by atoms with E-state index in [4.69, 9.17) is 5.73 Å². The van der Waals surface area contributed by atoms with Crippen molar-refractivity contribution in [1.82, 2.24) is 0 Å². The number of benzene rings is 2. The number of nitrogen functional groups attached to an aromatic ring is 1. The lowest BCUT2D eigenvalue weighted by atomic mass is 9.95. The van der Waals surface area contributed by atoms with Crippen molar-refractivity contribution in [3.05, 3.63) is 41.5 Å². The van der Waals surface area contributed by atoms with Crippen LogP contribution in [0.3, 0.4) is 0 Å². The molecule has 0 amide bonds. The molecule has 0 aromatic heterocycles. The summed E-state index contributed by atoms with van der Waals surface area (Å²) in [6.45, 7) is 4.56. The van der Waals surface area contributed by atoms with Crippen LogP contribution in [-0.4, -0.2) is 0 Å². The first kappa shape index (κ1) is 21.8. The third-order valence-corrected chi connectivity index (χ3v) is 5.82. The summed E-state index contributed by atoms with van der Waals surface area (Å²) >= 11 is 0. The van der Waals surface area contributed by atoms with E-state index in [2.05, 4.69) is 44.2 Å². The van der Waals surface area contributed by atoms with E-state index < -0.39 is 0 Å². The molecular formula is C26H41N. The summed E-state index contributed by atoms with van der Waals surface area (Å²) in [7, 11) is 0. The molecule has 2 N–H and O–H groups in total. The molecule has 0 fully saturated rings. The van der Waals surface area contributed by atoms with Crippen LogP contribution in [0.25, 0.3) is 10.8 Å². The second kappa shape index (κ2) is 12.8. The molecule has 0 unspecified atom stereocenters. The van der Waals surface area contributed by atoms with E-state index in [1.54, 1.807) is 0 Å². The Hall–Kier alpha value is -1.50. The van der Waals surface area contributed by atoms with E-state index in [1.165, 1.54) is 112 Å². The molecule has 0 spiro atoms. The third-order valence-electron chi connectivity index (χ3n) is 5.82. The lowest BCUT2D eigenvalue weighted by molar-refractivity contribution is 0.607. The highest BCUT2D eigenvalue weighted by Crippen LogP contribution is 2.28. The molecule has 2 aromatic rings. The Morgan fingerprint density at radius 1 is 0.593 bits per heavy atom. The topological polar surface area (TPSA) is 26.0 Å². The van der Waals surface area contributed by atoms with Gasteiger partial charge in [-0.2, -0.15) is 0 Å². The molecule has 150 valence electrons. The molecule has 0 aliphatic carbocycles. The van der Waals surface area contributed by atoms with E-state index >= 15 is 0 Å². The highest BCUT2D eigenvalue weighted by molar-refractivity contribution is 5.95. The van der Waals surface area contributed by atoms with Crippen LogP contribution in [0, 0.1) is 0 Å². The van der Waals surface area contributed by atoms with E-state index in [1.807, 2.05) is 0 Å². The Kier molecular flexibility index (Phi) is 10.3. The maximum Gasteiger partial charge on any atom is 0.0393 e. The first-order valence-electron chi connectivity index (χ1n) is 11.6. The second-order valence-electron chi connectivity index (χ2n) is 8.23. The smallest absolute Gasteiger partial charge is 0.0393 e. The number of aryl methyl sites for hydroxylation is 2. The lowest BCUT2D eigenvalue weighted by Gasteiger charge is -2.11. The van der Waals surface area contributed by atoms with E-state index in [0.29, 0.717) is 0 Å². The van der Waals surface area contributed by atoms with Gasteiger partial charge in [0.2, 0.25) is 0 Å². The number of fused-ring (bicyclic) bond motifs is 1. The predicted molar refractivity (Wildman–Crippen MR) is 123 cm³/mol. The van der Waals surface area contributed by atoms with E-state index in [9.17, 15) is 0 Å². The number of hydrogen-bond donors (Lipinski definition) is 1. The van der Waals surface area contributed by atoms with E-state index in [-0.39, 0.29) is 0 Å². The van der Waals surface area contributed by atoms with Crippen LogP contribution >= 0.6 is 0 Å². The maximum absolute atomic E-state index is 6.25. The van der Waals surface area contributed by atoms with E-state index in [0.717, 1.165) is 5.69 Å². The number of anilines is 1. The number of hydrogen-bond acceptors (Lipinski definition) is 1. The SMILES string of the molecule is CCCCCCCCc1ccc2c(N)ccc(CCCCCCCC)c2c1. The number of nitrogens with two attached hydrogens (primary N) is 1. The predicted octanol–water partition coefficient (Wildman–Crippen LogP) is 8.23. The number of rotatable bonds is 14. The van der Waals surface area contributed by atoms with Crippen molar-refractivity contribution in [1.29, 1.82) is 0 Å². The molecular weight excluding hydrogens is 326 g/mol. The van der Waals surface area contributed by atoms with Crippen LogP contribution in [0.2, 0.25) is 0 Å². The molecule has 2 aromatic carbocycles. The van der Waals surface area contributed by atoms with Crippen molar-refractivity contribution >= 4 is 16.5 Å². The Morgan fingerprint density at radius 2 is 1.19 bits per heavy atom. The summed E-state index contributed by atoms with van der Waals surface area (Å²) < 4.78 is 0. The highest BCUT2D eigenvalue weighted by Gasteiger charge is 2.06. The fraction of sp³-hybridized carbons (Fsp3) is 0.615. The average Bonchev–Trinajstić information content (AvgIpc) is 2.69. The molecule has 27 heavy (non-hydrogen) atoms. The van der Waals surface area contributed by atoms with Crippen LogP contribution < -0.4 is 5.73 Å². The Morgan fingerprint density at radius 3 is 1.85 bits per heavy atom. The molecule has 0 saturated carbocycles. The fourth-order valence-corrected chi connectivity index (χ4v) is 4.06. The Labute approximate surface area is 167 Å². The summed E-state index contributed by atoms with van der Waals surface area (Å²) in [6, 6.07) is 11.3. The van der Waals surface area contributed by atoms with Gasteiger partial charge in [-0.15, -0.1) is 0 Å².